The Bertz CT molecular complexity index is 519. The fourth-order valence-electron chi connectivity index (χ4n) is 3.25. The average Bonchev–Trinajstić information content (AvgIpc) is 2.55. The van der Waals surface area contributed by atoms with Gasteiger partial charge in [-0.15, -0.1) is 0 Å². The highest BCUT2D eigenvalue weighted by atomic mass is 16.7. The number of hydrogen-bond donors (Lipinski definition) is 0. The number of benzene rings is 1. The van der Waals surface area contributed by atoms with Gasteiger partial charge in [0.25, 0.3) is 0 Å². The molecule has 116 valence electrons. The second-order valence-corrected chi connectivity index (χ2v) is 6.91. The second-order valence-electron chi connectivity index (χ2n) is 6.91. The molecule has 4 nitrogen and oxygen atoms in total. The normalized spacial score (nSPS) is 24.0. The number of carbonyl (C=O) groups is 1. The maximum Gasteiger partial charge on any atom is 0.338 e. The van der Waals surface area contributed by atoms with Crippen molar-refractivity contribution in [1.82, 2.24) is 5.06 Å². The Balaban J connectivity index is 2.16. The first-order valence-corrected chi connectivity index (χ1v) is 7.30. The first kappa shape index (κ1) is 16.0. The molecule has 0 spiro atoms. The number of esters is 1. The van der Waals surface area contributed by atoms with Crippen LogP contribution in [0.1, 0.15) is 50.0 Å². The Hall–Kier alpha value is -1.39. The van der Waals surface area contributed by atoms with Gasteiger partial charge in [-0.3, -0.25) is 0 Å². The van der Waals surface area contributed by atoms with Crippen LogP contribution in [0, 0.1) is 6.92 Å². The van der Waals surface area contributed by atoms with E-state index >= 15 is 0 Å². The van der Waals surface area contributed by atoms with Crippen molar-refractivity contribution in [2.24, 2.45) is 0 Å². The lowest BCUT2D eigenvalue weighted by molar-refractivity contribution is -0.227. The number of nitrogens with zero attached hydrogens (tertiary/aromatic N) is 1. The number of carbonyl (C=O) groups excluding carboxylic acids is 1. The summed E-state index contributed by atoms with van der Waals surface area (Å²) in [6.07, 6.45) is 0.534. The highest BCUT2D eigenvalue weighted by Gasteiger charge is 2.54. The molecule has 1 saturated heterocycles. The molecule has 4 heteroatoms. The third-order valence-corrected chi connectivity index (χ3v) is 4.27. The summed E-state index contributed by atoms with van der Waals surface area (Å²) in [4.78, 5) is 17.8. The topological polar surface area (TPSA) is 38.8 Å². The summed E-state index contributed by atoms with van der Waals surface area (Å²) in [5.41, 5.74) is 1.18. The van der Waals surface area contributed by atoms with Crippen molar-refractivity contribution in [3.63, 3.8) is 0 Å². The van der Waals surface area contributed by atoms with E-state index in [1.54, 1.807) is 19.2 Å². The van der Waals surface area contributed by atoms with E-state index in [1.165, 1.54) is 0 Å². The molecule has 1 fully saturated rings. The first-order chi connectivity index (χ1) is 9.68. The van der Waals surface area contributed by atoms with Crippen LogP contribution < -0.4 is 0 Å². The van der Waals surface area contributed by atoms with Gasteiger partial charge in [-0.25, -0.2) is 4.79 Å². The van der Waals surface area contributed by atoms with Gasteiger partial charge in [0.15, 0.2) is 0 Å². The van der Waals surface area contributed by atoms with Gasteiger partial charge in [0.1, 0.15) is 6.10 Å². The zero-order valence-corrected chi connectivity index (χ0v) is 13.8. The Morgan fingerprint density at radius 2 is 1.76 bits per heavy atom. The molecular weight excluding hydrogens is 266 g/mol. The van der Waals surface area contributed by atoms with Gasteiger partial charge in [0, 0.05) is 12.0 Å². The van der Waals surface area contributed by atoms with E-state index in [4.69, 9.17) is 9.57 Å². The van der Waals surface area contributed by atoms with E-state index < -0.39 is 0 Å². The molecule has 21 heavy (non-hydrogen) atoms. The molecule has 1 heterocycles. The number of hydroxylamine groups is 2. The van der Waals surface area contributed by atoms with E-state index in [-0.39, 0.29) is 23.2 Å². The van der Waals surface area contributed by atoms with Gasteiger partial charge in [0.2, 0.25) is 0 Å². The highest BCUT2D eigenvalue weighted by molar-refractivity contribution is 5.89. The van der Waals surface area contributed by atoms with Gasteiger partial charge in [-0.1, -0.05) is 17.7 Å². The average molecular weight is 291 g/mol. The molecule has 1 aliphatic rings. The molecule has 1 aromatic carbocycles. The molecular formula is C17H25NO3. The van der Waals surface area contributed by atoms with Crippen LogP contribution in [0.25, 0.3) is 0 Å². The Morgan fingerprint density at radius 1 is 1.19 bits per heavy atom. The van der Waals surface area contributed by atoms with E-state index in [0.29, 0.717) is 5.56 Å². The summed E-state index contributed by atoms with van der Waals surface area (Å²) in [5.74, 6) is -0.276. The molecule has 0 aliphatic carbocycles. The summed E-state index contributed by atoms with van der Waals surface area (Å²) < 4.78 is 5.76. The molecule has 0 amide bonds. The Morgan fingerprint density at radius 3 is 2.24 bits per heavy atom. The Kier molecular flexibility index (Phi) is 4.13. The van der Waals surface area contributed by atoms with E-state index in [9.17, 15) is 4.79 Å². The molecule has 1 aliphatic heterocycles. The summed E-state index contributed by atoms with van der Waals surface area (Å²) >= 11 is 0. The van der Waals surface area contributed by atoms with Gasteiger partial charge in [-0.2, -0.15) is 5.06 Å². The van der Waals surface area contributed by atoms with Crippen LogP contribution in [-0.2, 0) is 9.57 Å². The minimum absolute atomic E-state index is 0.170. The van der Waals surface area contributed by atoms with Crippen molar-refractivity contribution < 1.29 is 14.4 Å². The fourth-order valence-corrected chi connectivity index (χ4v) is 3.25. The molecule has 0 N–H and O–H groups in total. The van der Waals surface area contributed by atoms with Crippen molar-refractivity contribution in [3.05, 3.63) is 35.4 Å². The minimum Gasteiger partial charge on any atom is -0.457 e. The largest absolute Gasteiger partial charge is 0.457 e. The molecule has 0 saturated carbocycles. The molecule has 1 atom stereocenters. The zero-order chi connectivity index (χ0) is 15.8. The van der Waals surface area contributed by atoms with Crippen molar-refractivity contribution in [3.8, 4) is 0 Å². The number of ether oxygens (including phenoxy) is 1. The quantitative estimate of drug-likeness (QED) is 0.801. The SMILES string of the molecule is CON1C(C)(C)CC(OC(=O)c2ccc(C)cc2)C1(C)C. The summed E-state index contributed by atoms with van der Waals surface area (Å²) in [6.45, 7) is 10.3. The van der Waals surface area contributed by atoms with Crippen LogP contribution in [-0.4, -0.2) is 35.3 Å². The standard InChI is InChI=1S/C17H25NO3/c1-12-7-9-13(10-8-12)15(19)21-14-11-16(2,3)18(20-6)17(14,4)5/h7-10,14H,11H2,1-6H3. The van der Waals surface area contributed by atoms with Crippen molar-refractivity contribution in [2.75, 3.05) is 7.11 Å². The fraction of sp³-hybridized carbons (Fsp3) is 0.588. The molecule has 0 radical (unpaired) electrons. The van der Waals surface area contributed by atoms with Crippen LogP contribution in [0.3, 0.4) is 0 Å². The van der Waals surface area contributed by atoms with Crippen LogP contribution in [0.5, 0.6) is 0 Å². The van der Waals surface area contributed by atoms with E-state index in [1.807, 2.05) is 38.0 Å². The minimum atomic E-state index is -0.362. The van der Waals surface area contributed by atoms with Crippen molar-refractivity contribution >= 4 is 5.97 Å². The number of rotatable bonds is 3. The number of aryl methyl sites for hydroxylation is 1. The molecule has 2 rings (SSSR count). The lowest BCUT2D eigenvalue weighted by atomic mass is 9.97. The third-order valence-electron chi connectivity index (χ3n) is 4.27. The zero-order valence-electron chi connectivity index (χ0n) is 13.8. The van der Waals surface area contributed by atoms with Crippen molar-refractivity contribution in [2.45, 2.75) is 58.2 Å². The summed E-state index contributed by atoms with van der Waals surface area (Å²) in [7, 11) is 1.66. The molecule has 1 unspecified atom stereocenters. The molecule has 1 aromatic rings. The van der Waals surface area contributed by atoms with Gasteiger partial charge in [-0.05, 0) is 46.8 Å². The summed E-state index contributed by atoms with van der Waals surface area (Å²) in [5, 5.41) is 1.92. The first-order valence-electron chi connectivity index (χ1n) is 7.30. The monoisotopic (exact) mass is 291 g/mol. The van der Waals surface area contributed by atoms with Gasteiger partial charge in [0.05, 0.1) is 18.2 Å². The van der Waals surface area contributed by atoms with Crippen molar-refractivity contribution in [1.29, 1.82) is 0 Å². The van der Waals surface area contributed by atoms with Crippen LogP contribution in [0.4, 0.5) is 0 Å². The van der Waals surface area contributed by atoms with Crippen LogP contribution in [0.2, 0.25) is 0 Å². The highest BCUT2D eigenvalue weighted by Crippen LogP contribution is 2.42. The van der Waals surface area contributed by atoms with Crippen LogP contribution in [0.15, 0.2) is 24.3 Å². The maximum atomic E-state index is 12.3. The third kappa shape index (κ3) is 2.97. The Labute approximate surface area is 127 Å². The molecule has 0 aromatic heterocycles. The van der Waals surface area contributed by atoms with E-state index in [0.717, 1.165) is 12.0 Å². The van der Waals surface area contributed by atoms with Gasteiger partial charge < -0.3 is 9.57 Å². The lowest BCUT2D eigenvalue weighted by Crippen LogP contribution is -2.50. The number of hydrogen-bond acceptors (Lipinski definition) is 4. The molecule has 0 bridgehead atoms. The van der Waals surface area contributed by atoms with Crippen LogP contribution >= 0.6 is 0 Å². The lowest BCUT2D eigenvalue weighted by Gasteiger charge is -2.38. The van der Waals surface area contributed by atoms with E-state index in [2.05, 4.69) is 13.8 Å². The second kappa shape index (κ2) is 5.43. The maximum absolute atomic E-state index is 12.3. The van der Waals surface area contributed by atoms with Gasteiger partial charge >= 0.3 is 5.97 Å². The smallest absolute Gasteiger partial charge is 0.338 e. The predicted molar refractivity (Wildman–Crippen MR) is 82.0 cm³/mol. The predicted octanol–water partition coefficient (Wildman–Crippen LogP) is 3.34. The summed E-state index contributed by atoms with van der Waals surface area (Å²) in [6, 6.07) is 7.45.